The maximum atomic E-state index is 13.2. The summed E-state index contributed by atoms with van der Waals surface area (Å²) in [6.45, 7) is 2.88. The van der Waals surface area contributed by atoms with Gasteiger partial charge in [0.1, 0.15) is 11.3 Å². The summed E-state index contributed by atoms with van der Waals surface area (Å²) in [5.41, 5.74) is 6.62. The Bertz CT molecular complexity index is 1420. The van der Waals surface area contributed by atoms with Gasteiger partial charge in [-0.15, -0.1) is 0 Å². The number of amides is 2. The molecular formula is C24H23N3O6S. The van der Waals surface area contributed by atoms with Gasteiger partial charge in [-0.25, -0.2) is 8.42 Å². The first-order valence-electron chi connectivity index (χ1n) is 10.4. The molecule has 0 bridgehead atoms. The first kappa shape index (κ1) is 23.3. The molecule has 0 saturated carbocycles. The van der Waals surface area contributed by atoms with Crippen molar-refractivity contribution in [2.24, 2.45) is 0 Å². The maximum absolute atomic E-state index is 13.2. The van der Waals surface area contributed by atoms with Crippen molar-refractivity contribution in [2.45, 2.75) is 25.3 Å². The summed E-state index contributed by atoms with van der Waals surface area (Å²) in [6.07, 6.45) is 1.42. The second kappa shape index (κ2) is 9.54. The molecule has 176 valence electrons. The van der Waals surface area contributed by atoms with Crippen LogP contribution in [-0.4, -0.2) is 31.1 Å². The van der Waals surface area contributed by atoms with Gasteiger partial charge >= 0.3 is 5.91 Å². The van der Waals surface area contributed by atoms with Gasteiger partial charge < -0.3 is 8.83 Å². The van der Waals surface area contributed by atoms with E-state index in [-0.39, 0.29) is 17.2 Å². The first-order chi connectivity index (χ1) is 16.3. The van der Waals surface area contributed by atoms with Gasteiger partial charge in [-0.1, -0.05) is 35.9 Å². The maximum Gasteiger partial charge on any atom is 0.305 e. The summed E-state index contributed by atoms with van der Waals surface area (Å²) >= 11 is 0. The molecule has 4 rings (SSSR count). The highest BCUT2D eigenvalue weighted by Crippen LogP contribution is 2.24. The highest BCUT2D eigenvalue weighted by atomic mass is 32.2. The second-order valence-electron chi connectivity index (χ2n) is 7.72. The molecule has 34 heavy (non-hydrogen) atoms. The van der Waals surface area contributed by atoms with Crippen LogP contribution < -0.4 is 10.9 Å². The van der Waals surface area contributed by atoms with Crippen LogP contribution in [0.5, 0.6) is 0 Å². The summed E-state index contributed by atoms with van der Waals surface area (Å²) in [5.74, 6) is -0.961. The zero-order chi connectivity index (χ0) is 24.3. The van der Waals surface area contributed by atoms with Crippen molar-refractivity contribution < 1.29 is 26.8 Å². The predicted octanol–water partition coefficient (Wildman–Crippen LogP) is 3.29. The van der Waals surface area contributed by atoms with Crippen molar-refractivity contribution in [1.29, 1.82) is 0 Å². The molecule has 9 nitrogen and oxygen atoms in total. The number of furan rings is 2. The van der Waals surface area contributed by atoms with Crippen molar-refractivity contribution in [3.05, 3.63) is 89.6 Å². The topological polar surface area (TPSA) is 122 Å². The zero-order valence-electron chi connectivity index (χ0n) is 18.6. The van der Waals surface area contributed by atoms with E-state index in [0.717, 1.165) is 15.3 Å². The highest BCUT2D eigenvalue weighted by molar-refractivity contribution is 7.89. The zero-order valence-corrected chi connectivity index (χ0v) is 19.4. The number of para-hydroxylation sites is 1. The Hall–Kier alpha value is -3.89. The highest BCUT2D eigenvalue weighted by Gasteiger charge is 2.28. The number of aryl methyl sites for hydroxylation is 2. The fourth-order valence-corrected chi connectivity index (χ4v) is 4.80. The van der Waals surface area contributed by atoms with Crippen LogP contribution in [-0.2, 0) is 21.4 Å². The molecule has 10 heteroatoms. The van der Waals surface area contributed by atoms with Crippen molar-refractivity contribution in [1.82, 2.24) is 15.2 Å². The fourth-order valence-electron chi connectivity index (χ4n) is 3.44. The summed E-state index contributed by atoms with van der Waals surface area (Å²) in [7, 11) is -4.02. The van der Waals surface area contributed by atoms with E-state index in [4.69, 9.17) is 8.83 Å². The molecule has 0 atom stereocenters. The van der Waals surface area contributed by atoms with Gasteiger partial charge in [0.25, 0.3) is 5.91 Å². The summed E-state index contributed by atoms with van der Waals surface area (Å²) < 4.78 is 38.3. The Kier molecular flexibility index (Phi) is 6.53. The average molecular weight is 482 g/mol. The van der Waals surface area contributed by atoms with E-state index in [0.29, 0.717) is 16.9 Å². The molecule has 0 spiro atoms. The number of sulfonamides is 1. The minimum absolute atomic E-state index is 0.0411. The number of hydrogen-bond donors (Lipinski definition) is 2. The minimum Gasteiger partial charge on any atom is -0.468 e. The van der Waals surface area contributed by atoms with E-state index in [1.165, 1.54) is 18.4 Å². The Balaban J connectivity index is 1.48. The van der Waals surface area contributed by atoms with Crippen LogP contribution in [0.2, 0.25) is 0 Å². The molecule has 0 unspecified atom stereocenters. The third-order valence-electron chi connectivity index (χ3n) is 5.26. The van der Waals surface area contributed by atoms with Crippen LogP contribution in [0, 0.1) is 13.8 Å². The summed E-state index contributed by atoms with van der Waals surface area (Å²) in [5, 5.41) is 0.785. The lowest BCUT2D eigenvalue weighted by atomic mass is 10.1. The number of hydrazine groups is 1. The number of rotatable bonds is 7. The standard InChI is InChI=1S/C24H23N3O6S/c1-16-9-11-19(12-10-16)34(30,31)27(14-18-6-5-13-32-18)15-22(28)25-26-24(29)23-17(2)20-7-3-4-8-21(20)33-23/h3-13H,14-15H2,1-2H3,(H,25,28)(H,26,29). The summed E-state index contributed by atoms with van der Waals surface area (Å²) in [4.78, 5) is 25.2. The van der Waals surface area contributed by atoms with E-state index < -0.39 is 28.4 Å². The van der Waals surface area contributed by atoms with Crippen LogP contribution in [0.4, 0.5) is 0 Å². The van der Waals surface area contributed by atoms with Crippen LogP contribution in [0.3, 0.4) is 0 Å². The van der Waals surface area contributed by atoms with Crippen molar-refractivity contribution >= 4 is 32.8 Å². The van der Waals surface area contributed by atoms with Crippen molar-refractivity contribution in [3.63, 3.8) is 0 Å². The smallest absolute Gasteiger partial charge is 0.305 e. The van der Waals surface area contributed by atoms with Gasteiger partial charge in [0.05, 0.1) is 24.2 Å². The van der Waals surface area contributed by atoms with Gasteiger partial charge in [0.15, 0.2) is 5.76 Å². The molecule has 0 radical (unpaired) electrons. The van der Waals surface area contributed by atoms with Gasteiger partial charge in [-0.3, -0.25) is 20.4 Å². The normalized spacial score (nSPS) is 11.6. The third-order valence-corrected chi connectivity index (χ3v) is 7.06. The number of fused-ring (bicyclic) bond motifs is 1. The van der Waals surface area contributed by atoms with Crippen LogP contribution in [0.25, 0.3) is 11.0 Å². The molecule has 4 aromatic rings. The Morgan fingerprint density at radius 2 is 1.68 bits per heavy atom. The lowest BCUT2D eigenvalue weighted by Crippen LogP contribution is -2.47. The number of carbonyl (C=O) groups is 2. The second-order valence-corrected chi connectivity index (χ2v) is 9.66. The van der Waals surface area contributed by atoms with Gasteiger partial charge in [0.2, 0.25) is 10.0 Å². The molecule has 2 heterocycles. The Morgan fingerprint density at radius 3 is 2.35 bits per heavy atom. The summed E-state index contributed by atoms with van der Waals surface area (Å²) in [6, 6.07) is 16.7. The minimum atomic E-state index is -4.02. The predicted molar refractivity (Wildman–Crippen MR) is 124 cm³/mol. The lowest BCUT2D eigenvalue weighted by Gasteiger charge is -2.21. The van der Waals surface area contributed by atoms with Crippen LogP contribution in [0.1, 0.15) is 27.4 Å². The Labute approximate surface area is 196 Å². The first-order valence-corrected chi connectivity index (χ1v) is 11.9. The SMILES string of the molecule is Cc1ccc(S(=O)(=O)N(CC(=O)NNC(=O)c2oc3ccccc3c2C)Cc2ccco2)cc1. The monoisotopic (exact) mass is 481 g/mol. The number of nitrogens with zero attached hydrogens (tertiary/aromatic N) is 1. The van der Waals surface area contributed by atoms with E-state index >= 15 is 0 Å². The van der Waals surface area contributed by atoms with Gasteiger partial charge in [-0.2, -0.15) is 4.31 Å². The van der Waals surface area contributed by atoms with Gasteiger partial charge in [0, 0.05) is 10.9 Å². The fraction of sp³-hybridized carbons (Fsp3) is 0.167. The quantitative estimate of drug-likeness (QED) is 0.391. The van der Waals surface area contributed by atoms with E-state index in [1.54, 1.807) is 43.3 Å². The molecule has 2 aromatic carbocycles. The third kappa shape index (κ3) is 4.87. The average Bonchev–Trinajstić information content (AvgIpc) is 3.45. The van der Waals surface area contributed by atoms with E-state index in [1.807, 2.05) is 19.1 Å². The molecule has 2 N–H and O–H groups in total. The number of nitrogens with one attached hydrogen (secondary N) is 2. The number of benzene rings is 2. The van der Waals surface area contributed by atoms with Gasteiger partial charge in [-0.05, 0) is 44.2 Å². The molecule has 0 aliphatic heterocycles. The van der Waals surface area contributed by atoms with E-state index in [2.05, 4.69) is 10.9 Å². The Morgan fingerprint density at radius 1 is 0.941 bits per heavy atom. The van der Waals surface area contributed by atoms with E-state index in [9.17, 15) is 18.0 Å². The molecule has 0 aliphatic carbocycles. The lowest BCUT2D eigenvalue weighted by molar-refractivity contribution is -0.122. The molecule has 0 fully saturated rings. The largest absolute Gasteiger partial charge is 0.468 e. The number of hydrogen-bond acceptors (Lipinski definition) is 6. The molecular weight excluding hydrogens is 458 g/mol. The molecule has 0 aliphatic rings. The van der Waals surface area contributed by atoms with Crippen molar-refractivity contribution in [3.8, 4) is 0 Å². The molecule has 0 saturated heterocycles. The van der Waals surface area contributed by atoms with Crippen LogP contribution in [0.15, 0.2) is 80.7 Å². The van der Waals surface area contributed by atoms with Crippen molar-refractivity contribution in [2.75, 3.05) is 6.54 Å². The molecule has 2 amide bonds. The number of carbonyl (C=O) groups excluding carboxylic acids is 2. The van der Waals surface area contributed by atoms with Crippen LogP contribution >= 0.6 is 0 Å². The molecule has 2 aromatic heterocycles.